The van der Waals surface area contributed by atoms with E-state index < -0.39 is 39.6 Å². The molecule has 1 aromatic heterocycles. The van der Waals surface area contributed by atoms with E-state index in [-0.39, 0.29) is 16.3 Å². The molecular formula is C16H15F3N2O4S. The second-order valence-corrected chi connectivity index (χ2v) is 7.61. The maximum atomic E-state index is 12.7. The van der Waals surface area contributed by atoms with Crippen molar-refractivity contribution in [1.29, 1.82) is 0 Å². The molecule has 0 aliphatic carbocycles. The Kier molecular flexibility index (Phi) is 5.55. The van der Waals surface area contributed by atoms with Crippen LogP contribution in [0.5, 0.6) is 0 Å². The summed E-state index contributed by atoms with van der Waals surface area (Å²) in [5, 5.41) is 2.40. The van der Waals surface area contributed by atoms with Gasteiger partial charge < -0.3 is 9.88 Å². The van der Waals surface area contributed by atoms with Gasteiger partial charge in [-0.25, -0.2) is 8.42 Å². The lowest BCUT2D eigenvalue weighted by molar-refractivity contribution is -0.139. The number of carbonyl (C=O) groups excluding carboxylic acids is 1. The van der Waals surface area contributed by atoms with Gasteiger partial charge in [-0.3, -0.25) is 9.59 Å². The Morgan fingerprint density at radius 3 is 2.31 bits per heavy atom. The van der Waals surface area contributed by atoms with Crippen LogP contribution in [0, 0.1) is 0 Å². The summed E-state index contributed by atoms with van der Waals surface area (Å²) in [6, 6.07) is 7.01. The summed E-state index contributed by atoms with van der Waals surface area (Å²) in [4.78, 5) is 23.8. The van der Waals surface area contributed by atoms with E-state index in [2.05, 4.69) is 5.32 Å². The van der Waals surface area contributed by atoms with Crippen molar-refractivity contribution in [3.05, 3.63) is 58.5 Å². The van der Waals surface area contributed by atoms with Gasteiger partial charge in [0.1, 0.15) is 12.1 Å². The van der Waals surface area contributed by atoms with Crippen LogP contribution in [0.4, 0.5) is 18.9 Å². The van der Waals surface area contributed by atoms with E-state index in [1.807, 2.05) is 0 Å². The fraction of sp³-hybridized carbons (Fsp3) is 0.250. The van der Waals surface area contributed by atoms with Crippen molar-refractivity contribution in [2.75, 3.05) is 11.1 Å². The molecule has 0 aliphatic rings. The van der Waals surface area contributed by atoms with Crippen LogP contribution in [-0.2, 0) is 27.4 Å². The number of nitrogens with zero attached hydrogens (tertiary/aromatic N) is 1. The predicted molar refractivity (Wildman–Crippen MR) is 88.5 cm³/mol. The molecule has 6 nitrogen and oxygen atoms in total. The smallest absolute Gasteiger partial charge is 0.325 e. The SMILES string of the molecule is CCS(=O)(=O)c1ccc(NC(=O)Cn2cccc(C(F)(F)F)c2=O)cc1. The van der Waals surface area contributed by atoms with Gasteiger partial charge in [-0.1, -0.05) is 6.92 Å². The van der Waals surface area contributed by atoms with Gasteiger partial charge in [0.25, 0.3) is 5.56 Å². The van der Waals surface area contributed by atoms with E-state index >= 15 is 0 Å². The fourth-order valence-corrected chi connectivity index (χ4v) is 3.03. The molecule has 0 spiro atoms. The summed E-state index contributed by atoms with van der Waals surface area (Å²) >= 11 is 0. The van der Waals surface area contributed by atoms with Gasteiger partial charge in [-0.15, -0.1) is 0 Å². The number of benzene rings is 1. The average Bonchev–Trinajstić information content (AvgIpc) is 2.56. The fourth-order valence-electron chi connectivity index (χ4n) is 2.14. The minimum Gasteiger partial charge on any atom is -0.325 e. The maximum absolute atomic E-state index is 12.7. The Bertz CT molecular complexity index is 964. The van der Waals surface area contributed by atoms with Gasteiger partial charge in [-0.05, 0) is 36.4 Å². The molecule has 0 bridgehead atoms. The summed E-state index contributed by atoms with van der Waals surface area (Å²) < 4.78 is 62.2. The summed E-state index contributed by atoms with van der Waals surface area (Å²) in [5.74, 6) is -0.797. The molecule has 2 aromatic rings. The first-order valence-electron chi connectivity index (χ1n) is 7.44. The van der Waals surface area contributed by atoms with E-state index in [0.29, 0.717) is 10.6 Å². The number of rotatable bonds is 5. The van der Waals surface area contributed by atoms with Crippen molar-refractivity contribution < 1.29 is 26.4 Å². The Morgan fingerprint density at radius 2 is 1.77 bits per heavy atom. The first-order valence-corrected chi connectivity index (χ1v) is 9.09. The first kappa shape index (κ1) is 19.7. The predicted octanol–water partition coefficient (Wildman–Crippen LogP) is 2.30. The third-order valence-corrected chi connectivity index (χ3v) is 5.27. The number of aromatic nitrogens is 1. The van der Waals surface area contributed by atoms with E-state index in [9.17, 15) is 31.2 Å². The topological polar surface area (TPSA) is 85.2 Å². The molecule has 1 aromatic carbocycles. The Morgan fingerprint density at radius 1 is 1.15 bits per heavy atom. The third-order valence-electron chi connectivity index (χ3n) is 3.52. The first-order chi connectivity index (χ1) is 12.0. The number of alkyl halides is 3. The monoisotopic (exact) mass is 388 g/mol. The highest BCUT2D eigenvalue weighted by Gasteiger charge is 2.34. The number of anilines is 1. The number of nitrogens with one attached hydrogen (secondary N) is 1. The molecule has 0 saturated carbocycles. The van der Waals surface area contributed by atoms with Gasteiger partial charge >= 0.3 is 6.18 Å². The highest BCUT2D eigenvalue weighted by molar-refractivity contribution is 7.91. The number of halogens is 3. The minimum atomic E-state index is -4.81. The number of amides is 1. The highest BCUT2D eigenvalue weighted by atomic mass is 32.2. The lowest BCUT2D eigenvalue weighted by Crippen LogP contribution is -2.31. The van der Waals surface area contributed by atoms with Crippen molar-refractivity contribution in [2.24, 2.45) is 0 Å². The molecule has 1 N–H and O–H groups in total. The lowest BCUT2D eigenvalue weighted by Gasteiger charge is -2.11. The number of carbonyl (C=O) groups is 1. The molecule has 26 heavy (non-hydrogen) atoms. The van der Waals surface area contributed by atoms with Gasteiger partial charge in [-0.2, -0.15) is 13.2 Å². The number of pyridine rings is 1. The molecule has 0 radical (unpaired) electrons. The van der Waals surface area contributed by atoms with Crippen molar-refractivity contribution >= 4 is 21.4 Å². The summed E-state index contributed by atoms with van der Waals surface area (Å²) in [5.41, 5.74) is -2.42. The molecular weight excluding hydrogens is 373 g/mol. The number of sulfone groups is 1. The van der Waals surface area contributed by atoms with Gasteiger partial charge in [0.15, 0.2) is 9.84 Å². The van der Waals surface area contributed by atoms with Crippen LogP contribution in [0.2, 0.25) is 0 Å². The third kappa shape index (κ3) is 4.51. The zero-order valence-electron chi connectivity index (χ0n) is 13.6. The average molecular weight is 388 g/mol. The molecule has 1 heterocycles. The molecule has 2 rings (SSSR count). The molecule has 10 heteroatoms. The summed E-state index contributed by atoms with van der Waals surface area (Å²) in [7, 11) is -3.38. The van der Waals surface area contributed by atoms with Crippen LogP contribution >= 0.6 is 0 Å². The lowest BCUT2D eigenvalue weighted by atomic mass is 10.2. The van der Waals surface area contributed by atoms with Gasteiger partial charge in [0.2, 0.25) is 5.91 Å². The van der Waals surface area contributed by atoms with E-state index in [1.165, 1.54) is 31.2 Å². The summed E-state index contributed by atoms with van der Waals surface area (Å²) in [6.07, 6.45) is -3.73. The van der Waals surface area contributed by atoms with Crippen LogP contribution in [0.15, 0.2) is 52.3 Å². The number of hydrogen-bond donors (Lipinski definition) is 1. The standard InChI is InChI=1S/C16H15F3N2O4S/c1-2-26(24,25)12-7-5-11(6-8-12)20-14(22)10-21-9-3-4-13(15(21)23)16(17,18)19/h3-9H,2,10H2,1H3,(H,20,22). The molecule has 0 saturated heterocycles. The molecule has 0 aliphatic heterocycles. The van der Waals surface area contributed by atoms with E-state index in [0.717, 1.165) is 12.3 Å². The molecule has 0 unspecified atom stereocenters. The van der Waals surface area contributed by atoms with Gasteiger partial charge in [0, 0.05) is 11.9 Å². The van der Waals surface area contributed by atoms with Crippen LogP contribution < -0.4 is 10.9 Å². The van der Waals surface area contributed by atoms with Crippen molar-refractivity contribution in [1.82, 2.24) is 4.57 Å². The quantitative estimate of drug-likeness (QED) is 0.852. The van der Waals surface area contributed by atoms with Crippen molar-refractivity contribution in [3.63, 3.8) is 0 Å². The Labute approximate surface area is 147 Å². The van der Waals surface area contributed by atoms with Crippen molar-refractivity contribution in [3.8, 4) is 0 Å². The Balaban J connectivity index is 2.14. The van der Waals surface area contributed by atoms with Crippen molar-refractivity contribution in [2.45, 2.75) is 24.5 Å². The zero-order valence-corrected chi connectivity index (χ0v) is 14.4. The van der Waals surface area contributed by atoms with Gasteiger partial charge in [0.05, 0.1) is 10.6 Å². The molecule has 140 valence electrons. The van der Waals surface area contributed by atoms with Crippen LogP contribution in [-0.4, -0.2) is 24.6 Å². The van der Waals surface area contributed by atoms with E-state index in [4.69, 9.17) is 0 Å². The largest absolute Gasteiger partial charge is 0.421 e. The maximum Gasteiger partial charge on any atom is 0.421 e. The zero-order chi connectivity index (χ0) is 19.5. The number of hydrogen-bond acceptors (Lipinski definition) is 4. The molecule has 0 fully saturated rings. The van der Waals surface area contributed by atoms with Crippen LogP contribution in [0.25, 0.3) is 0 Å². The molecule has 1 amide bonds. The van der Waals surface area contributed by atoms with Crippen LogP contribution in [0.3, 0.4) is 0 Å². The second-order valence-electron chi connectivity index (χ2n) is 5.33. The van der Waals surface area contributed by atoms with E-state index in [1.54, 1.807) is 0 Å². The van der Waals surface area contributed by atoms with Crippen LogP contribution in [0.1, 0.15) is 12.5 Å². The minimum absolute atomic E-state index is 0.0723. The highest BCUT2D eigenvalue weighted by Crippen LogP contribution is 2.26. The summed E-state index contributed by atoms with van der Waals surface area (Å²) in [6.45, 7) is 0.885. The Hall–Kier alpha value is -2.62. The second kappa shape index (κ2) is 7.32. The normalized spacial score (nSPS) is 12.0. The molecule has 0 atom stereocenters.